The van der Waals surface area contributed by atoms with Crippen LogP contribution in [0.5, 0.6) is 0 Å². The van der Waals surface area contributed by atoms with Gasteiger partial charge in [0.1, 0.15) is 12.7 Å². The van der Waals surface area contributed by atoms with Gasteiger partial charge in [0.15, 0.2) is 0 Å². The third-order valence-corrected chi connectivity index (χ3v) is 12.3. The summed E-state index contributed by atoms with van der Waals surface area (Å²) < 4.78 is 22.4. The number of carbonyl (C=O) groups is 3. The third kappa shape index (κ3) is 41.5. The molecule has 0 aliphatic rings. The molecule has 0 saturated carbocycles. The minimum atomic E-state index is -0.545. The second-order valence-corrected chi connectivity index (χ2v) is 18.4. The van der Waals surface area contributed by atoms with E-state index in [1.54, 1.807) is 0 Å². The summed E-state index contributed by atoms with van der Waals surface area (Å²) in [5.74, 6) is 1.34. The van der Waals surface area contributed by atoms with E-state index in [9.17, 15) is 14.4 Å². The number of ether oxygens (including phenoxy) is 4. The molecule has 0 aromatic heterocycles. The molecule has 0 aromatic carbocycles. The van der Waals surface area contributed by atoms with E-state index >= 15 is 0 Å². The maximum absolute atomic E-state index is 12.4. The molecule has 8 nitrogen and oxygen atoms in total. The van der Waals surface area contributed by atoms with Crippen molar-refractivity contribution >= 4 is 18.1 Å². The van der Waals surface area contributed by atoms with Gasteiger partial charge in [-0.2, -0.15) is 0 Å². The number of carbonyl (C=O) groups excluding carboxylic acids is 3. The summed E-state index contributed by atoms with van der Waals surface area (Å²) in [6.07, 6.45) is 40.0. The molecule has 0 spiro atoms. The maximum atomic E-state index is 12.4. The van der Waals surface area contributed by atoms with Crippen molar-refractivity contribution in [1.82, 2.24) is 4.90 Å². The van der Waals surface area contributed by atoms with Crippen LogP contribution >= 0.6 is 0 Å². The fourth-order valence-electron chi connectivity index (χ4n) is 8.22. The van der Waals surface area contributed by atoms with Crippen LogP contribution in [0.25, 0.3) is 0 Å². The van der Waals surface area contributed by atoms with E-state index in [1.165, 1.54) is 128 Å². The number of rotatable bonds is 46. The molecule has 0 radical (unpaired) electrons. The molecular formula is C52H101NO7. The Hall–Kier alpha value is -1.83. The molecule has 0 heterocycles. The molecule has 0 bridgehead atoms. The summed E-state index contributed by atoms with van der Waals surface area (Å²) >= 11 is 0. The zero-order chi connectivity index (χ0) is 44.2. The van der Waals surface area contributed by atoms with Crippen LogP contribution in [0.15, 0.2) is 0 Å². The van der Waals surface area contributed by atoms with Crippen LogP contribution in [-0.4, -0.2) is 69.6 Å². The van der Waals surface area contributed by atoms with Crippen LogP contribution < -0.4 is 0 Å². The van der Waals surface area contributed by atoms with Crippen LogP contribution in [0.2, 0.25) is 0 Å². The smallest absolute Gasteiger partial charge is 0.466 e. The summed E-state index contributed by atoms with van der Waals surface area (Å²) in [4.78, 5) is 39.1. The molecule has 0 rings (SSSR count). The van der Waals surface area contributed by atoms with Crippen molar-refractivity contribution in [3.63, 3.8) is 0 Å². The lowest BCUT2D eigenvalue weighted by atomic mass is 9.92. The number of hydrogen-bond acceptors (Lipinski definition) is 8. The van der Waals surface area contributed by atoms with E-state index in [-0.39, 0.29) is 18.0 Å². The molecule has 60 heavy (non-hydrogen) atoms. The van der Waals surface area contributed by atoms with E-state index < -0.39 is 6.16 Å². The lowest BCUT2D eigenvalue weighted by Crippen LogP contribution is -2.23. The molecule has 0 aromatic rings. The molecule has 0 aliphatic carbocycles. The van der Waals surface area contributed by atoms with Crippen molar-refractivity contribution in [3.05, 3.63) is 0 Å². The molecule has 0 aliphatic heterocycles. The Morgan fingerprint density at radius 2 is 0.717 bits per heavy atom. The highest BCUT2D eigenvalue weighted by Crippen LogP contribution is 2.23. The zero-order valence-corrected chi connectivity index (χ0v) is 40.8. The van der Waals surface area contributed by atoms with Crippen LogP contribution in [0.3, 0.4) is 0 Å². The summed E-state index contributed by atoms with van der Waals surface area (Å²) in [5, 5.41) is 0. The molecule has 0 unspecified atom stereocenters. The molecule has 0 N–H and O–H groups in total. The number of likely N-dealkylation sites (N-methyl/N-ethyl adjacent to an activating group) is 1. The Kier molecular flexibility index (Phi) is 43.8. The van der Waals surface area contributed by atoms with Gasteiger partial charge in [0.25, 0.3) is 0 Å². The lowest BCUT2D eigenvalue weighted by Gasteiger charge is -2.18. The summed E-state index contributed by atoms with van der Waals surface area (Å²) in [6, 6.07) is 0. The maximum Gasteiger partial charge on any atom is 0.508 e. The van der Waals surface area contributed by atoms with E-state index in [4.69, 9.17) is 18.9 Å². The van der Waals surface area contributed by atoms with Crippen LogP contribution in [0, 0.1) is 11.8 Å². The van der Waals surface area contributed by atoms with Gasteiger partial charge in [-0.05, 0) is 77.3 Å². The topological polar surface area (TPSA) is 91.4 Å². The fraction of sp³-hybridized carbons (Fsp3) is 0.942. The van der Waals surface area contributed by atoms with Crippen LogP contribution in [0.1, 0.15) is 259 Å². The predicted octanol–water partition coefficient (Wildman–Crippen LogP) is 15.5. The Bertz CT molecular complexity index is 863. The molecule has 0 saturated heterocycles. The van der Waals surface area contributed by atoms with Crippen molar-refractivity contribution in [2.24, 2.45) is 11.8 Å². The first kappa shape index (κ1) is 58.2. The van der Waals surface area contributed by atoms with E-state index in [0.29, 0.717) is 51.0 Å². The average molecular weight is 852 g/mol. The molecule has 356 valence electrons. The van der Waals surface area contributed by atoms with E-state index in [1.807, 2.05) is 19.0 Å². The molecule has 0 fully saturated rings. The van der Waals surface area contributed by atoms with Gasteiger partial charge in [-0.3, -0.25) is 9.59 Å². The Labute approximate surface area is 372 Å². The minimum Gasteiger partial charge on any atom is -0.466 e. The fourth-order valence-corrected chi connectivity index (χ4v) is 8.22. The first-order valence-corrected chi connectivity index (χ1v) is 26.0. The Morgan fingerprint density at radius 1 is 0.383 bits per heavy atom. The standard InChI is InChI=1S/C52H101NO7/c1-7-11-25-33-47(34-26-12-8-2)41-44-57-50(54)39-31-23-19-15-17-21-29-37-49(60-52(56)59-46-43-53(5)6)38-30-22-18-16-20-24-32-40-51(55)58-45-42-48(35-27-13-9-3)36-28-14-10-4/h47-49H,7-46H2,1-6H3. The highest BCUT2D eigenvalue weighted by molar-refractivity contribution is 5.69. The van der Waals surface area contributed by atoms with Gasteiger partial charge in [-0.25, -0.2) is 4.79 Å². The van der Waals surface area contributed by atoms with Gasteiger partial charge in [0.05, 0.1) is 13.2 Å². The number of esters is 2. The number of nitrogens with zero attached hydrogens (tertiary/aromatic N) is 1. The van der Waals surface area contributed by atoms with Gasteiger partial charge in [-0.15, -0.1) is 0 Å². The van der Waals surface area contributed by atoms with Gasteiger partial charge < -0.3 is 23.8 Å². The first-order chi connectivity index (χ1) is 29.2. The molecule has 0 amide bonds. The van der Waals surface area contributed by atoms with Crippen molar-refractivity contribution in [3.8, 4) is 0 Å². The highest BCUT2D eigenvalue weighted by Gasteiger charge is 2.16. The quantitative estimate of drug-likeness (QED) is 0.0340. The van der Waals surface area contributed by atoms with Crippen molar-refractivity contribution < 1.29 is 33.3 Å². The van der Waals surface area contributed by atoms with Gasteiger partial charge >= 0.3 is 18.1 Å². The molecule has 8 heteroatoms. The normalized spacial score (nSPS) is 11.6. The van der Waals surface area contributed by atoms with Gasteiger partial charge in [0, 0.05) is 19.4 Å². The number of unbranched alkanes of at least 4 members (excludes halogenated alkanes) is 20. The van der Waals surface area contributed by atoms with Crippen molar-refractivity contribution in [2.75, 3.05) is 40.5 Å². The second kappa shape index (κ2) is 45.2. The van der Waals surface area contributed by atoms with E-state index in [2.05, 4.69) is 27.7 Å². The predicted molar refractivity (Wildman–Crippen MR) is 253 cm³/mol. The van der Waals surface area contributed by atoms with Gasteiger partial charge in [-0.1, -0.05) is 195 Å². The van der Waals surface area contributed by atoms with Crippen molar-refractivity contribution in [2.45, 2.75) is 265 Å². The first-order valence-electron chi connectivity index (χ1n) is 26.0. The van der Waals surface area contributed by atoms with E-state index in [0.717, 1.165) is 89.9 Å². The highest BCUT2D eigenvalue weighted by atomic mass is 16.7. The molecule has 0 atom stereocenters. The summed E-state index contributed by atoms with van der Waals surface area (Å²) in [6.45, 7) is 11.2. The van der Waals surface area contributed by atoms with Crippen LogP contribution in [-0.2, 0) is 28.5 Å². The number of hydrogen-bond donors (Lipinski definition) is 0. The monoisotopic (exact) mass is 852 g/mol. The van der Waals surface area contributed by atoms with Gasteiger partial charge in [0.2, 0.25) is 0 Å². The average Bonchev–Trinajstić information content (AvgIpc) is 3.22. The summed E-state index contributed by atoms with van der Waals surface area (Å²) in [5.41, 5.74) is 0. The van der Waals surface area contributed by atoms with Crippen molar-refractivity contribution in [1.29, 1.82) is 0 Å². The Balaban J connectivity index is 4.22. The minimum absolute atomic E-state index is 0.0270. The molecular weight excluding hydrogens is 751 g/mol. The summed E-state index contributed by atoms with van der Waals surface area (Å²) in [7, 11) is 3.92. The lowest BCUT2D eigenvalue weighted by molar-refractivity contribution is -0.145. The second-order valence-electron chi connectivity index (χ2n) is 18.4. The SMILES string of the molecule is CCCCCC(CCCCC)CCOC(=O)CCCCCCCCCC(CCCCCCCCCC(=O)OCCC(CCCCC)CCCCC)OC(=O)OCCN(C)C. The largest absolute Gasteiger partial charge is 0.508 e. The Morgan fingerprint density at radius 3 is 1.07 bits per heavy atom. The zero-order valence-electron chi connectivity index (χ0n) is 40.8. The van der Waals surface area contributed by atoms with Crippen LogP contribution in [0.4, 0.5) is 4.79 Å². The third-order valence-electron chi connectivity index (χ3n) is 12.3.